The number of nitrogens with zero attached hydrogens (tertiary/aromatic N) is 22. The van der Waals surface area contributed by atoms with Gasteiger partial charge in [-0.3, -0.25) is 42.9 Å². The zero-order valence-corrected chi connectivity index (χ0v) is 77.3. The van der Waals surface area contributed by atoms with Crippen LogP contribution in [0, 0.1) is 0 Å². The average molecular weight is 2230 g/mol. The van der Waals surface area contributed by atoms with E-state index in [2.05, 4.69) is 141 Å². The molecule has 76 nitrogen and oxygen atoms in total. The van der Waals surface area contributed by atoms with Crippen molar-refractivity contribution in [2.45, 2.75) is 96.4 Å². The molecule has 0 bridgehead atoms. The largest absolute Gasteiger partial charge is 0.490 e. The van der Waals surface area contributed by atoms with Gasteiger partial charge in [-0.1, -0.05) is 33.6 Å². The zero-order chi connectivity index (χ0) is 104. The molecule has 770 valence electrons. The molecule has 93 heteroatoms. The monoisotopic (exact) mass is 2230 g/mol. The van der Waals surface area contributed by atoms with Crippen molar-refractivity contribution in [1.82, 2.24) is 44.2 Å². The average Bonchev–Trinajstić information content (AvgIpc) is 1.63. The Morgan fingerprint density at radius 2 is 0.839 bits per heavy atom. The normalized spacial score (nSPS) is 30.0. The predicted octanol–water partition coefficient (Wildman–Crippen LogP) is 0.435. The number of aliphatic imine (C=N–C) groups is 2. The Kier molecular flexibility index (Phi) is 39.7. The number of ether oxygens (including phenoxy) is 4. The van der Waals surface area contributed by atoms with Gasteiger partial charge in [0.05, 0.1) is 58.9 Å². The maximum Gasteiger partial charge on any atom is 0.490 e. The van der Waals surface area contributed by atoms with E-state index >= 15 is 8.78 Å². The number of phosphoric ester groups is 4. The third-order valence-electron chi connectivity index (χ3n) is 16.7. The van der Waals surface area contributed by atoms with Gasteiger partial charge in [-0.05, 0) is 34.3 Å². The molecule has 6 aliphatic rings. The number of nitrogens with two attached hydrogens (primary N) is 2. The first-order valence-corrected chi connectivity index (χ1v) is 52.4. The second-order valence-corrected chi connectivity index (χ2v) is 43.9. The van der Waals surface area contributed by atoms with Crippen LogP contribution in [0.25, 0.3) is 52.9 Å². The molecule has 6 aliphatic heterocycles. The first-order valence-electron chi connectivity index (χ1n) is 34.3. The van der Waals surface area contributed by atoms with Crippen LogP contribution in [0.5, 0.6) is 0 Å². The van der Waals surface area contributed by atoms with Crippen LogP contribution in [-0.2, 0) is 126 Å². The second kappa shape index (κ2) is 46.0. The molecule has 0 saturated carbocycles. The number of imidazole rings is 1. The van der Waals surface area contributed by atoms with Crippen molar-refractivity contribution >= 4 is 128 Å². The number of nitrogen functional groups attached to an aromatic ring is 1. The van der Waals surface area contributed by atoms with Gasteiger partial charge in [0.1, 0.15) is 76.1 Å². The number of phosphoric acid groups is 12. The Bertz CT molecular complexity index is 6020. The van der Waals surface area contributed by atoms with Crippen molar-refractivity contribution in [3.63, 3.8) is 0 Å². The lowest BCUT2D eigenvalue weighted by molar-refractivity contribution is -0.126. The number of rotatable bonds is 41. The van der Waals surface area contributed by atoms with Crippen LogP contribution in [0.4, 0.5) is 33.6 Å². The summed E-state index contributed by atoms with van der Waals surface area (Å²) in [5.74, 6) is -2.02. The summed E-state index contributed by atoms with van der Waals surface area (Å²) in [5, 5.41) is 65.7. The van der Waals surface area contributed by atoms with E-state index in [-0.39, 0.29) is 34.4 Å². The quantitative estimate of drug-likeness (QED) is 0.00915. The summed E-state index contributed by atoms with van der Waals surface area (Å²) in [6, 6.07) is 1.00. The fourth-order valence-corrected chi connectivity index (χ4v) is 23.5. The molecule has 8 unspecified atom stereocenters. The van der Waals surface area contributed by atoms with Gasteiger partial charge in [-0.2, -0.15) is 39.5 Å². The lowest BCUT2D eigenvalue weighted by Crippen LogP contribution is -2.48. The number of hydrogen-bond donors (Lipinski definition) is 25. The molecular formula is C44H69F5N26O50P12. The summed E-state index contributed by atoms with van der Waals surface area (Å²) in [6.07, 6.45) is -19.3. The van der Waals surface area contributed by atoms with Crippen LogP contribution in [0.3, 0.4) is 0 Å². The summed E-state index contributed by atoms with van der Waals surface area (Å²) in [4.78, 5) is 189. The predicted molar refractivity (Wildman–Crippen MR) is 422 cm³/mol. The van der Waals surface area contributed by atoms with Gasteiger partial charge in [0.25, 0.3) is 0 Å². The Balaban J connectivity index is 0.000000280. The molecule has 0 amide bonds. The number of nitrogens with one attached hydrogen (secondary N) is 2. The van der Waals surface area contributed by atoms with E-state index in [9.17, 15) is 132 Å². The van der Waals surface area contributed by atoms with Crippen molar-refractivity contribution < 1.29 is 252 Å². The SMILES string of the molecule is C=C1N=C(N)C(F)=CN1[C@@H]1O[C@](CN=[N+]=[N-])(COP(=O)(O)OP(=O)(O)OP(=O)(O)O)[C@@H](O)[C@H]1F.C=C1NC(=NC)C=CN1[C@@H]1O[C@](CN=[N+]=[N-])(COP(=O)(O)OP(=O)(O)OP(=O)(O)O)[C@@H](O)[C@H]1F.[N-]=[N+]=NC[C@]1(COP(=O)(O)OP(=O)(O)OP(=O)(O)O)O[C@@H](n2ccc(NO)nc2=O)[C@H](F)[C@@H]1O.[N-]=[N+]=NC[C@]1(COP(=O)(O)OP(=O)(O)OP(=O)(O)O)O[C@@H](n2cnc3c(N)ncnc32)[C@H](F)[C@@H]1O. The van der Waals surface area contributed by atoms with Gasteiger partial charge in [0.15, 0.2) is 78.5 Å². The van der Waals surface area contributed by atoms with E-state index in [1.165, 1.54) is 19.3 Å². The summed E-state index contributed by atoms with van der Waals surface area (Å²) >= 11 is 0. The third-order valence-corrected chi connectivity index (χ3v) is 31.9. The smallest absolute Gasteiger partial charge is 0.387 e. The topological polar surface area (TPSA) is 1160 Å². The Morgan fingerprint density at radius 3 is 1.15 bits per heavy atom. The second-order valence-electron chi connectivity index (χ2n) is 26.3. The van der Waals surface area contributed by atoms with Gasteiger partial charge in [-0.25, -0.2) is 101 Å². The number of alkyl halides is 4. The standard InChI is InChI=1S/C12H20FN6O12P3.C11H17F2N6O12P3.C11H16FN8O12P3.C10H16FN6O14P3/c1-7-17-8(15-2)3-4-19(7)11-9(13)10(20)12(29-11,5-16-18-14)6-28-33(24,25)31-34(26,27)30-32(21,22)23;1-5-17-9(14)6(12)2-19(5)10-7(13)8(20)11(29-10,3-16-18-15)4-28-33(24,25)31-34(26,27)30-32(21,22)23;12-5-7(21)11(1-18-19-14,2-29-34(25,26)32-35(27,28)31-33(22,23)24)30-10(5)20-4-17-6-8(13)15-3-16-9(6)20;11-6-7(18)10(3-13-16-12,29-8(6)17-2-1-5(15-20)14-9(17)19)4-28-33(24,25)31-34(26,27)30-32(21,22)23/h3-4,9-11,20H,1,5-6H2,2H3,(H,15,17)(H,24,25)(H,26,27)(H2,21,22,23);2,7-8,10,20H,1,3-4H2,(H2,14,17)(H,24,25)(H,26,27)(H2,21,22,23);3-5,7,10,21H,1-2H2,(H,25,26)(H,27,28)(H2,13,15,16)(H2,22,23,24);1-2,6-8,18,20H,3-4H2,(H,24,25)(H,26,27)(H,14,15,19)(H2,21,22,23)/t9-,10+,11-,12-;7-,8+,10-,11-;5-,7+,10-,11-;6-,7+,8-,10-/m1111/s1. The summed E-state index contributed by atoms with van der Waals surface area (Å²) in [7, 11) is -67.4. The number of amidine groups is 2. The first kappa shape index (κ1) is 118. The van der Waals surface area contributed by atoms with E-state index in [0.717, 1.165) is 34.4 Å². The van der Waals surface area contributed by atoms with Crippen LogP contribution in [0.1, 0.15) is 12.5 Å². The lowest BCUT2D eigenvalue weighted by atomic mass is 9.97. The van der Waals surface area contributed by atoms with Crippen LogP contribution in [0.2, 0.25) is 0 Å². The Labute approximate surface area is 752 Å². The molecule has 0 aliphatic carbocycles. The molecule has 0 aromatic carbocycles. The van der Waals surface area contributed by atoms with Crippen molar-refractivity contribution in [2.75, 3.05) is 70.9 Å². The summed E-state index contributed by atoms with van der Waals surface area (Å²) in [5.41, 5.74) is 36.1. The fourth-order valence-electron chi connectivity index (χ4n) is 11.2. The summed E-state index contributed by atoms with van der Waals surface area (Å²) < 4.78 is 280. The van der Waals surface area contributed by atoms with Crippen LogP contribution < -0.4 is 28.0 Å². The highest BCUT2D eigenvalue weighted by atomic mass is 31.3. The van der Waals surface area contributed by atoms with Crippen LogP contribution in [-0.4, -0.2) is 298 Å². The molecule has 27 N–H and O–H groups in total. The van der Waals surface area contributed by atoms with Gasteiger partial charge in [-0.15, -0.1) is 0 Å². The maximum absolute atomic E-state index is 15.1. The number of hydrogen-bond acceptors (Lipinski definition) is 49. The van der Waals surface area contributed by atoms with Crippen molar-refractivity contribution in [3.8, 4) is 0 Å². The highest BCUT2D eigenvalue weighted by Gasteiger charge is 2.63. The molecule has 3 aromatic heterocycles. The van der Waals surface area contributed by atoms with E-state index < -0.39 is 260 Å². The minimum absolute atomic E-state index is 0.0233. The number of aromatic nitrogens is 6. The van der Waals surface area contributed by atoms with Gasteiger partial charge >= 0.3 is 99.6 Å². The van der Waals surface area contributed by atoms with Gasteiger partial charge in [0.2, 0.25) is 0 Å². The molecule has 3 aromatic rings. The molecule has 24 atom stereocenters. The minimum Gasteiger partial charge on any atom is -0.387 e. The van der Waals surface area contributed by atoms with Crippen LogP contribution >= 0.6 is 93.9 Å². The fraction of sp³-hybridized carbons (Fsp3) is 0.568. The number of fused-ring (bicyclic) bond motifs is 1. The molecule has 137 heavy (non-hydrogen) atoms. The van der Waals surface area contributed by atoms with Crippen LogP contribution in [0.15, 0.2) is 109 Å². The van der Waals surface area contributed by atoms with Crippen molar-refractivity contribution in [2.24, 2.45) is 36.2 Å². The first-order chi connectivity index (χ1) is 62.6. The Morgan fingerprint density at radius 1 is 0.511 bits per heavy atom. The molecule has 4 saturated heterocycles. The number of aliphatic hydroxyl groups excluding tert-OH is 4. The lowest BCUT2D eigenvalue weighted by Gasteiger charge is -2.34. The molecule has 0 radical (unpaired) electrons. The Hall–Kier alpha value is -7.30. The van der Waals surface area contributed by atoms with Gasteiger partial charge in [0, 0.05) is 45.3 Å². The zero-order valence-electron chi connectivity index (χ0n) is 66.5. The number of anilines is 2. The highest BCUT2D eigenvalue weighted by Crippen LogP contribution is 2.71. The molecule has 0 spiro atoms. The highest BCUT2D eigenvalue weighted by molar-refractivity contribution is 7.68. The molecular weight excluding hydrogens is 2160 g/mol. The summed E-state index contributed by atoms with van der Waals surface area (Å²) in [6.45, 7) is -1.90. The number of halogens is 5. The van der Waals surface area contributed by atoms with Crippen molar-refractivity contribution in [1.29, 1.82) is 0 Å². The number of azide groups is 4. The number of aliphatic hydroxyl groups is 4. The third kappa shape index (κ3) is 33.1. The minimum atomic E-state index is -5.88. The maximum atomic E-state index is 15.1. The van der Waals surface area contributed by atoms with E-state index in [1.54, 1.807) is 5.48 Å². The molecule has 9 heterocycles. The van der Waals surface area contributed by atoms with E-state index in [4.69, 9.17) is 96.9 Å². The van der Waals surface area contributed by atoms with Gasteiger partial charge < -0.3 is 144 Å². The van der Waals surface area contributed by atoms with Crippen molar-refractivity contribution in [3.05, 3.63) is 126 Å². The molecule has 4 fully saturated rings. The van der Waals surface area contributed by atoms with E-state index in [1.807, 2.05) is 0 Å². The molecule has 9 rings (SSSR count). The van der Waals surface area contributed by atoms with E-state index in [0.29, 0.717) is 21.5 Å².